The lowest BCUT2D eigenvalue weighted by atomic mass is 10.2. The van der Waals surface area contributed by atoms with Crippen LogP contribution in [-0.4, -0.2) is 22.7 Å². The van der Waals surface area contributed by atoms with Crippen LogP contribution in [0.15, 0.2) is 42.5 Å². The Kier molecular flexibility index (Phi) is 4.65. The number of anilines is 1. The fourth-order valence-electron chi connectivity index (χ4n) is 1.64. The second-order valence-corrected chi connectivity index (χ2v) is 4.08. The minimum absolute atomic E-state index is 0.0324. The summed E-state index contributed by atoms with van der Waals surface area (Å²) < 4.78 is 28.2. The molecule has 2 aromatic rings. The number of carboxylic acid groups (broad SMARTS) is 1. The van der Waals surface area contributed by atoms with Crippen LogP contribution < -0.4 is 10.1 Å². The van der Waals surface area contributed by atoms with E-state index in [4.69, 9.17) is 5.11 Å². The molecule has 0 unspecified atom stereocenters. The number of nitrogens with zero attached hydrogens (tertiary/aromatic N) is 1. The van der Waals surface area contributed by atoms with E-state index in [9.17, 15) is 13.6 Å². The molecule has 0 saturated heterocycles. The summed E-state index contributed by atoms with van der Waals surface area (Å²) in [4.78, 5) is 14.8. The van der Waals surface area contributed by atoms with Gasteiger partial charge in [0.1, 0.15) is 11.4 Å². The average Bonchev–Trinajstić information content (AvgIpc) is 2.46. The molecular formula is C14H12F2N2O3. The van der Waals surface area contributed by atoms with Crippen molar-refractivity contribution in [2.45, 2.75) is 13.2 Å². The Balaban J connectivity index is 1.96. The minimum atomic E-state index is -2.85. The molecule has 0 saturated carbocycles. The predicted molar refractivity (Wildman–Crippen MR) is 71.6 cm³/mol. The lowest BCUT2D eigenvalue weighted by Gasteiger charge is -2.08. The van der Waals surface area contributed by atoms with Crippen molar-refractivity contribution in [3.05, 3.63) is 53.9 Å². The lowest BCUT2D eigenvalue weighted by molar-refractivity contribution is -0.0498. The Morgan fingerprint density at radius 1 is 1.24 bits per heavy atom. The Bertz CT molecular complexity index is 618. The van der Waals surface area contributed by atoms with Crippen LogP contribution in [0, 0.1) is 0 Å². The van der Waals surface area contributed by atoms with Crippen LogP contribution in [0.1, 0.15) is 16.2 Å². The van der Waals surface area contributed by atoms with E-state index in [1.165, 1.54) is 18.2 Å². The number of halogens is 2. The van der Waals surface area contributed by atoms with Gasteiger partial charge in [-0.2, -0.15) is 8.78 Å². The highest BCUT2D eigenvalue weighted by atomic mass is 19.3. The van der Waals surface area contributed by atoms with Gasteiger partial charge < -0.3 is 15.2 Å². The number of carbonyl (C=O) groups is 1. The molecule has 0 atom stereocenters. The van der Waals surface area contributed by atoms with Gasteiger partial charge >= 0.3 is 12.6 Å². The molecule has 0 bridgehead atoms. The molecule has 0 spiro atoms. The van der Waals surface area contributed by atoms with Gasteiger partial charge in [0.15, 0.2) is 0 Å². The van der Waals surface area contributed by atoms with E-state index < -0.39 is 12.6 Å². The molecule has 0 fully saturated rings. The minimum Gasteiger partial charge on any atom is -0.477 e. The van der Waals surface area contributed by atoms with Gasteiger partial charge in [-0.15, -0.1) is 0 Å². The second-order valence-electron chi connectivity index (χ2n) is 4.08. The van der Waals surface area contributed by atoms with Crippen molar-refractivity contribution in [1.29, 1.82) is 0 Å². The first-order valence-electron chi connectivity index (χ1n) is 6.02. The van der Waals surface area contributed by atoms with Crippen molar-refractivity contribution in [3.63, 3.8) is 0 Å². The number of ether oxygens (including phenoxy) is 1. The summed E-state index contributed by atoms with van der Waals surface area (Å²) in [6, 6.07) is 10.7. The molecule has 110 valence electrons. The molecule has 7 heteroatoms. The zero-order valence-corrected chi connectivity index (χ0v) is 10.8. The molecule has 1 aromatic heterocycles. The average molecular weight is 294 g/mol. The summed E-state index contributed by atoms with van der Waals surface area (Å²) in [5.41, 5.74) is 1.21. The Hall–Kier alpha value is -2.70. The van der Waals surface area contributed by atoms with Gasteiger partial charge in [-0.3, -0.25) is 0 Å². The van der Waals surface area contributed by atoms with Gasteiger partial charge in [-0.1, -0.05) is 6.07 Å². The molecule has 2 rings (SSSR count). The molecule has 0 aliphatic carbocycles. The molecular weight excluding hydrogens is 282 g/mol. The van der Waals surface area contributed by atoms with E-state index >= 15 is 0 Å². The smallest absolute Gasteiger partial charge is 0.387 e. The highest BCUT2D eigenvalue weighted by Gasteiger charge is 2.06. The van der Waals surface area contributed by atoms with Crippen LogP contribution in [0.2, 0.25) is 0 Å². The van der Waals surface area contributed by atoms with E-state index in [0.717, 1.165) is 0 Å². The fourth-order valence-corrected chi connectivity index (χ4v) is 1.64. The van der Waals surface area contributed by atoms with Gasteiger partial charge in [-0.25, -0.2) is 9.78 Å². The Morgan fingerprint density at radius 2 is 1.95 bits per heavy atom. The van der Waals surface area contributed by atoms with Gasteiger partial charge in [0, 0.05) is 5.69 Å². The maximum atomic E-state index is 12.0. The van der Waals surface area contributed by atoms with Crippen LogP contribution in [0.4, 0.5) is 14.5 Å². The number of benzene rings is 1. The van der Waals surface area contributed by atoms with Crippen LogP contribution in [0.5, 0.6) is 5.75 Å². The maximum Gasteiger partial charge on any atom is 0.387 e. The Morgan fingerprint density at radius 3 is 2.57 bits per heavy atom. The zero-order valence-electron chi connectivity index (χ0n) is 10.8. The van der Waals surface area contributed by atoms with Crippen LogP contribution in [0.3, 0.4) is 0 Å². The monoisotopic (exact) mass is 294 g/mol. The predicted octanol–water partition coefficient (Wildman–Crippen LogP) is 2.99. The highest BCUT2D eigenvalue weighted by molar-refractivity contribution is 5.85. The number of nitrogens with one attached hydrogen (secondary N) is 1. The van der Waals surface area contributed by atoms with Gasteiger partial charge in [0.2, 0.25) is 0 Å². The molecule has 21 heavy (non-hydrogen) atoms. The van der Waals surface area contributed by atoms with E-state index in [-0.39, 0.29) is 11.4 Å². The molecule has 0 aliphatic heterocycles. The third-order valence-corrected chi connectivity index (χ3v) is 2.58. The third kappa shape index (κ3) is 4.41. The van der Waals surface area contributed by atoms with Gasteiger partial charge in [0.05, 0.1) is 12.2 Å². The summed E-state index contributed by atoms with van der Waals surface area (Å²) in [6.45, 7) is -2.54. The molecule has 2 N–H and O–H groups in total. The van der Waals surface area contributed by atoms with E-state index in [1.54, 1.807) is 24.3 Å². The highest BCUT2D eigenvalue weighted by Crippen LogP contribution is 2.18. The van der Waals surface area contributed by atoms with Gasteiger partial charge in [0.25, 0.3) is 0 Å². The second kappa shape index (κ2) is 6.65. The molecule has 5 nitrogen and oxygen atoms in total. The van der Waals surface area contributed by atoms with Crippen molar-refractivity contribution in [3.8, 4) is 5.75 Å². The fraction of sp³-hybridized carbons (Fsp3) is 0.143. The van der Waals surface area contributed by atoms with Gasteiger partial charge in [-0.05, 0) is 36.4 Å². The van der Waals surface area contributed by atoms with E-state index in [1.807, 2.05) is 0 Å². The van der Waals surface area contributed by atoms with E-state index in [2.05, 4.69) is 15.0 Å². The first-order chi connectivity index (χ1) is 10.0. The number of carboxylic acids is 1. The molecule has 0 aliphatic rings. The summed E-state index contributed by atoms with van der Waals surface area (Å²) in [6.07, 6.45) is 0. The normalized spacial score (nSPS) is 10.4. The maximum absolute atomic E-state index is 12.0. The lowest BCUT2D eigenvalue weighted by Crippen LogP contribution is -2.06. The van der Waals surface area contributed by atoms with Crippen molar-refractivity contribution in [2.24, 2.45) is 0 Å². The van der Waals surface area contributed by atoms with E-state index in [0.29, 0.717) is 17.9 Å². The zero-order chi connectivity index (χ0) is 15.2. The first kappa shape index (κ1) is 14.7. The molecule has 1 heterocycles. The Labute approximate surface area is 119 Å². The summed E-state index contributed by atoms with van der Waals surface area (Å²) in [7, 11) is 0. The largest absolute Gasteiger partial charge is 0.477 e. The van der Waals surface area contributed by atoms with Crippen molar-refractivity contribution in [1.82, 2.24) is 4.98 Å². The topological polar surface area (TPSA) is 71.5 Å². The van der Waals surface area contributed by atoms with Crippen LogP contribution in [-0.2, 0) is 6.54 Å². The SMILES string of the molecule is O=C(O)c1cccc(CNc2ccc(OC(F)F)cc2)n1. The molecule has 0 amide bonds. The number of hydrogen-bond acceptors (Lipinski definition) is 4. The van der Waals surface area contributed by atoms with Crippen molar-refractivity contribution in [2.75, 3.05) is 5.32 Å². The number of alkyl halides is 2. The standard InChI is InChI=1S/C14H12F2N2O3/c15-14(16)21-11-6-4-9(5-7-11)17-8-10-2-1-3-12(18-10)13(19)20/h1-7,14,17H,8H2,(H,19,20). The first-order valence-corrected chi connectivity index (χ1v) is 6.02. The molecule has 0 radical (unpaired) electrons. The summed E-state index contributed by atoms with van der Waals surface area (Å²) >= 11 is 0. The number of aromatic carboxylic acids is 1. The van der Waals surface area contributed by atoms with Crippen LogP contribution >= 0.6 is 0 Å². The van der Waals surface area contributed by atoms with Crippen molar-refractivity contribution >= 4 is 11.7 Å². The third-order valence-electron chi connectivity index (χ3n) is 2.58. The van der Waals surface area contributed by atoms with Crippen LogP contribution in [0.25, 0.3) is 0 Å². The number of rotatable bonds is 6. The summed E-state index contributed by atoms with van der Waals surface area (Å²) in [5, 5.41) is 11.8. The number of aromatic nitrogens is 1. The van der Waals surface area contributed by atoms with Crippen molar-refractivity contribution < 1.29 is 23.4 Å². The quantitative estimate of drug-likeness (QED) is 0.857. The number of pyridine rings is 1. The summed E-state index contributed by atoms with van der Waals surface area (Å²) in [5.74, 6) is -1.02. The number of hydrogen-bond donors (Lipinski definition) is 2. The molecule has 1 aromatic carbocycles.